The van der Waals surface area contributed by atoms with E-state index in [9.17, 15) is 4.79 Å². The van der Waals surface area contributed by atoms with Gasteiger partial charge >= 0.3 is 0 Å². The predicted octanol–water partition coefficient (Wildman–Crippen LogP) is 1.81. The predicted molar refractivity (Wildman–Crippen MR) is 89.3 cm³/mol. The van der Waals surface area contributed by atoms with Crippen molar-refractivity contribution in [3.8, 4) is 0 Å². The van der Waals surface area contributed by atoms with Gasteiger partial charge in [0.05, 0.1) is 25.7 Å². The minimum absolute atomic E-state index is 0.0628. The van der Waals surface area contributed by atoms with E-state index in [0.717, 1.165) is 58.8 Å². The number of nitrogens with one attached hydrogen (secondary N) is 1. The van der Waals surface area contributed by atoms with E-state index in [2.05, 4.69) is 10.2 Å². The first-order valence-electron chi connectivity index (χ1n) is 9.43. The van der Waals surface area contributed by atoms with E-state index in [1.54, 1.807) is 0 Å². The first kappa shape index (κ1) is 17.2. The van der Waals surface area contributed by atoms with Gasteiger partial charge in [0.25, 0.3) is 0 Å². The first-order valence-corrected chi connectivity index (χ1v) is 9.43. The zero-order chi connectivity index (χ0) is 16.0. The fraction of sp³-hybridized carbons (Fsp3) is 0.944. The first-order chi connectivity index (χ1) is 11.3. The second-order valence-electron chi connectivity index (χ2n) is 7.58. The van der Waals surface area contributed by atoms with Gasteiger partial charge in [-0.15, -0.1) is 0 Å². The molecular weight excluding hydrogens is 292 g/mol. The quantitative estimate of drug-likeness (QED) is 0.838. The van der Waals surface area contributed by atoms with E-state index in [1.165, 1.54) is 32.1 Å². The van der Waals surface area contributed by atoms with Crippen LogP contribution in [0.25, 0.3) is 0 Å². The van der Waals surface area contributed by atoms with Crippen LogP contribution in [0.5, 0.6) is 0 Å². The molecule has 0 unspecified atom stereocenters. The molecule has 0 spiro atoms. The summed E-state index contributed by atoms with van der Waals surface area (Å²) in [6.07, 6.45) is 8.41. The Morgan fingerprint density at radius 1 is 1.04 bits per heavy atom. The van der Waals surface area contributed by atoms with Gasteiger partial charge in [0.15, 0.2) is 0 Å². The van der Waals surface area contributed by atoms with Crippen LogP contribution in [0.15, 0.2) is 0 Å². The van der Waals surface area contributed by atoms with Gasteiger partial charge in [0.1, 0.15) is 0 Å². The lowest BCUT2D eigenvalue weighted by Crippen LogP contribution is -2.50. The molecular formula is C18H32N2O3. The molecule has 1 aliphatic carbocycles. The topological polar surface area (TPSA) is 50.8 Å². The highest BCUT2D eigenvalue weighted by Gasteiger charge is 2.35. The number of carbonyl (C=O) groups excluding carboxylic acids is 1. The molecule has 2 saturated heterocycles. The highest BCUT2D eigenvalue weighted by Crippen LogP contribution is 2.37. The van der Waals surface area contributed by atoms with Crippen molar-refractivity contribution in [2.75, 3.05) is 52.6 Å². The lowest BCUT2D eigenvalue weighted by atomic mass is 9.73. The number of morpholine rings is 1. The maximum atomic E-state index is 12.5. The Morgan fingerprint density at radius 3 is 2.52 bits per heavy atom. The molecule has 2 aliphatic heterocycles. The molecule has 1 amide bonds. The molecule has 0 bridgehead atoms. The van der Waals surface area contributed by atoms with E-state index in [1.807, 2.05) is 0 Å². The number of rotatable bonds is 5. The summed E-state index contributed by atoms with van der Waals surface area (Å²) in [5, 5.41) is 3.28. The smallest absolute Gasteiger partial charge is 0.225 e. The summed E-state index contributed by atoms with van der Waals surface area (Å²) in [6.45, 7) is 7.12. The van der Waals surface area contributed by atoms with Crippen molar-refractivity contribution in [2.24, 2.45) is 11.3 Å². The molecule has 23 heavy (non-hydrogen) atoms. The molecule has 1 N–H and O–H groups in total. The van der Waals surface area contributed by atoms with Crippen LogP contribution in [0.4, 0.5) is 0 Å². The van der Waals surface area contributed by atoms with Gasteiger partial charge < -0.3 is 14.8 Å². The summed E-state index contributed by atoms with van der Waals surface area (Å²) in [4.78, 5) is 15.0. The summed E-state index contributed by atoms with van der Waals surface area (Å²) >= 11 is 0. The Kier molecular flexibility index (Phi) is 6.31. The fourth-order valence-corrected chi connectivity index (χ4v) is 4.29. The molecule has 3 fully saturated rings. The third kappa shape index (κ3) is 4.91. The average Bonchev–Trinajstić information content (AvgIpc) is 2.62. The molecule has 0 aromatic rings. The van der Waals surface area contributed by atoms with Crippen LogP contribution >= 0.6 is 0 Å². The minimum atomic E-state index is 0.0628. The van der Waals surface area contributed by atoms with Gasteiger partial charge in [-0.2, -0.15) is 0 Å². The summed E-state index contributed by atoms with van der Waals surface area (Å²) in [5.41, 5.74) is 0.265. The lowest BCUT2D eigenvalue weighted by molar-refractivity contribution is -0.129. The number of hydrogen-bond donors (Lipinski definition) is 1. The van der Waals surface area contributed by atoms with Crippen LogP contribution in [-0.4, -0.2) is 63.4 Å². The molecule has 3 aliphatic rings. The Hall–Kier alpha value is -0.650. The fourth-order valence-electron chi connectivity index (χ4n) is 4.29. The van der Waals surface area contributed by atoms with Crippen LogP contribution in [0.3, 0.4) is 0 Å². The van der Waals surface area contributed by atoms with Crippen LogP contribution in [0.1, 0.15) is 44.9 Å². The van der Waals surface area contributed by atoms with Crippen molar-refractivity contribution in [1.82, 2.24) is 10.2 Å². The monoisotopic (exact) mass is 324 g/mol. The zero-order valence-corrected chi connectivity index (χ0v) is 14.4. The van der Waals surface area contributed by atoms with Crippen LogP contribution in [0, 0.1) is 11.3 Å². The van der Waals surface area contributed by atoms with Gasteiger partial charge in [-0.1, -0.05) is 19.3 Å². The molecule has 132 valence electrons. The van der Waals surface area contributed by atoms with Gasteiger partial charge in [-0.3, -0.25) is 9.69 Å². The van der Waals surface area contributed by atoms with E-state index in [-0.39, 0.29) is 17.2 Å². The number of nitrogens with zero attached hydrogens (tertiary/aromatic N) is 1. The molecule has 3 rings (SSSR count). The van der Waals surface area contributed by atoms with Crippen molar-refractivity contribution in [3.05, 3.63) is 0 Å². The van der Waals surface area contributed by atoms with Crippen molar-refractivity contribution in [1.29, 1.82) is 0 Å². The van der Waals surface area contributed by atoms with Crippen molar-refractivity contribution in [3.63, 3.8) is 0 Å². The Labute approximate surface area is 140 Å². The van der Waals surface area contributed by atoms with Crippen molar-refractivity contribution < 1.29 is 14.3 Å². The summed E-state index contributed by atoms with van der Waals surface area (Å²) in [7, 11) is 0. The van der Waals surface area contributed by atoms with Crippen LogP contribution in [-0.2, 0) is 14.3 Å². The SMILES string of the molecule is O=C(NCC1(CN2CCOCC2)CCCCC1)[C@H]1CCCOC1. The molecule has 5 heteroatoms. The Morgan fingerprint density at radius 2 is 1.83 bits per heavy atom. The second-order valence-corrected chi connectivity index (χ2v) is 7.58. The Bertz CT molecular complexity index is 370. The molecule has 1 atom stereocenters. The maximum absolute atomic E-state index is 12.5. The van der Waals surface area contributed by atoms with E-state index < -0.39 is 0 Å². The normalized spacial score (nSPS) is 29.1. The summed E-state index contributed by atoms with van der Waals surface area (Å²) in [6, 6.07) is 0. The minimum Gasteiger partial charge on any atom is -0.381 e. The average molecular weight is 324 g/mol. The number of hydrogen-bond acceptors (Lipinski definition) is 4. The number of carbonyl (C=O) groups is 1. The molecule has 1 saturated carbocycles. The van der Waals surface area contributed by atoms with E-state index >= 15 is 0 Å². The molecule has 0 aromatic carbocycles. The third-order valence-corrected chi connectivity index (χ3v) is 5.75. The maximum Gasteiger partial charge on any atom is 0.225 e. The molecule has 0 radical (unpaired) electrons. The third-order valence-electron chi connectivity index (χ3n) is 5.75. The van der Waals surface area contributed by atoms with Crippen LogP contribution < -0.4 is 5.32 Å². The Balaban J connectivity index is 1.53. The molecule has 5 nitrogen and oxygen atoms in total. The van der Waals surface area contributed by atoms with Crippen LogP contribution in [0.2, 0.25) is 0 Å². The zero-order valence-electron chi connectivity index (χ0n) is 14.4. The van der Waals surface area contributed by atoms with E-state index in [4.69, 9.17) is 9.47 Å². The lowest BCUT2D eigenvalue weighted by Gasteiger charge is -2.42. The van der Waals surface area contributed by atoms with Crippen molar-refractivity contribution in [2.45, 2.75) is 44.9 Å². The second kappa shape index (κ2) is 8.45. The van der Waals surface area contributed by atoms with Gasteiger partial charge in [0.2, 0.25) is 5.91 Å². The number of ether oxygens (including phenoxy) is 2. The van der Waals surface area contributed by atoms with E-state index in [0.29, 0.717) is 6.61 Å². The highest BCUT2D eigenvalue weighted by atomic mass is 16.5. The summed E-state index contributed by atoms with van der Waals surface area (Å²) < 4.78 is 10.9. The number of amides is 1. The van der Waals surface area contributed by atoms with Gasteiger partial charge in [-0.25, -0.2) is 0 Å². The molecule has 2 heterocycles. The van der Waals surface area contributed by atoms with Gasteiger partial charge in [0, 0.05) is 38.2 Å². The largest absolute Gasteiger partial charge is 0.381 e. The standard InChI is InChI=1S/C18H32N2O3/c21-17(16-5-4-10-23-13-16)19-14-18(6-2-1-3-7-18)15-20-8-11-22-12-9-20/h16H,1-15H2,(H,19,21)/t16-/m0/s1. The molecule has 0 aromatic heterocycles. The highest BCUT2D eigenvalue weighted by molar-refractivity contribution is 5.78. The van der Waals surface area contributed by atoms with Crippen molar-refractivity contribution >= 4 is 5.91 Å². The van der Waals surface area contributed by atoms with Gasteiger partial charge in [-0.05, 0) is 25.7 Å². The summed E-state index contributed by atoms with van der Waals surface area (Å²) in [5.74, 6) is 0.268.